The molecule has 0 amide bonds. The van der Waals surface area contributed by atoms with Crippen LogP contribution in [0.15, 0.2) is 78.9 Å². The van der Waals surface area contributed by atoms with E-state index >= 15 is 0 Å². The molecule has 36 heavy (non-hydrogen) atoms. The third kappa shape index (κ3) is 5.13. The van der Waals surface area contributed by atoms with Gasteiger partial charge in [0.15, 0.2) is 13.7 Å². The highest BCUT2D eigenvalue weighted by atomic mass is 127. The van der Waals surface area contributed by atoms with Crippen LogP contribution in [-0.2, 0) is 9.53 Å². The molecule has 0 heterocycles. The molecule has 0 spiro atoms. The van der Waals surface area contributed by atoms with Crippen molar-refractivity contribution in [2.45, 2.75) is 44.6 Å². The molecule has 4 aliphatic rings. The molecule has 0 saturated heterocycles. The van der Waals surface area contributed by atoms with Crippen LogP contribution in [0, 0.1) is 30.8 Å². The van der Waals surface area contributed by atoms with Gasteiger partial charge in [0, 0.05) is 0 Å². The van der Waals surface area contributed by atoms with Crippen LogP contribution in [0.3, 0.4) is 0 Å². The largest absolute Gasteiger partial charge is 0.482 e. The Kier molecular flexibility index (Phi) is 6.67. The first-order valence-corrected chi connectivity index (χ1v) is 15.1. The van der Waals surface area contributed by atoms with Gasteiger partial charge in [-0.05, 0) is 123 Å². The lowest BCUT2D eigenvalue weighted by Gasteiger charge is -2.59. The predicted octanol–water partition coefficient (Wildman–Crippen LogP) is 3.74. The Morgan fingerprint density at radius 1 is 0.750 bits per heavy atom. The first kappa shape index (κ1) is 23.8. The molecule has 3 aromatic rings. The quantitative estimate of drug-likeness (QED) is 0.294. The first-order valence-electron chi connectivity index (χ1n) is 13.0. The van der Waals surface area contributed by atoms with E-state index < -0.39 is 0 Å². The number of ether oxygens (including phenoxy) is 3. The number of benzene rings is 3. The van der Waals surface area contributed by atoms with Crippen LogP contribution < -0.4 is 30.7 Å². The van der Waals surface area contributed by atoms with Gasteiger partial charge in [-0.1, -0.05) is 18.2 Å². The molecule has 3 aromatic carbocycles. The van der Waals surface area contributed by atoms with Gasteiger partial charge < -0.3 is 14.2 Å². The van der Waals surface area contributed by atoms with E-state index in [1.807, 2.05) is 36.4 Å². The molecule has 0 radical (unpaired) electrons. The molecule has 0 N–H and O–H groups in total. The minimum absolute atomic E-state index is 0.0615. The number of hydrogen-bond acceptors (Lipinski definition) is 4. The maximum Gasteiger partial charge on any atom is 0.357 e. The summed E-state index contributed by atoms with van der Waals surface area (Å²) in [6.45, 7) is 2.11. The Labute approximate surface area is 223 Å². The maximum atomic E-state index is 12.7. The summed E-state index contributed by atoms with van der Waals surface area (Å²) in [5, 5.41) is 0. The normalized spacial score (nSPS) is 28.0. The highest BCUT2D eigenvalue weighted by molar-refractivity contribution is 5.71. The second-order valence-electron chi connectivity index (χ2n) is 10.7. The topological polar surface area (TPSA) is 44.8 Å². The number of carbonyl (C=O) groups is 1. The molecule has 4 bridgehead atoms. The van der Waals surface area contributed by atoms with E-state index in [1.165, 1.54) is 39.2 Å². The SMILES string of the molecule is CC1(OC(=O)COc2ccc(Oc3ccc([I+]c4ccccc4)cc3)cc2)C2CC3CC(C2)CC1C3. The lowest BCUT2D eigenvalue weighted by atomic mass is 9.50. The van der Waals surface area contributed by atoms with Crippen LogP contribution in [0.4, 0.5) is 0 Å². The zero-order valence-corrected chi connectivity index (χ0v) is 22.7. The molecule has 5 heteroatoms. The Morgan fingerprint density at radius 2 is 1.28 bits per heavy atom. The predicted molar refractivity (Wildman–Crippen MR) is 134 cm³/mol. The van der Waals surface area contributed by atoms with E-state index in [9.17, 15) is 4.79 Å². The van der Waals surface area contributed by atoms with E-state index in [2.05, 4.69) is 49.4 Å². The van der Waals surface area contributed by atoms with Gasteiger partial charge in [0.2, 0.25) is 0 Å². The van der Waals surface area contributed by atoms with Gasteiger partial charge in [-0.2, -0.15) is 0 Å². The molecule has 7 rings (SSSR count). The fourth-order valence-electron chi connectivity index (χ4n) is 6.61. The second kappa shape index (κ2) is 10.1. The highest BCUT2D eigenvalue weighted by Gasteiger charge is 2.57. The molecular formula is C31H32IO4+. The molecule has 186 valence electrons. The molecule has 0 unspecified atom stereocenters. The minimum atomic E-state index is -0.315. The summed E-state index contributed by atoms with van der Waals surface area (Å²) in [7, 11) is 0. The first-order chi connectivity index (χ1) is 17.5. The average Bonchev–Trinajstić information content (AvgIpc) is 2.88. The lowest BCUT2D eigenvalue weighted by Crippen LogP contribution is -3.61. The van der Waals surface area contributed by atoms with Crippen molar-refractivity contribution in [2.75, 3.05) is 6.61 Å². The molecular weight excluding hydrogens is 563 g/mol. The second-order valence-corrected chi connectivity index (χ2v) is 13.7. The zero-order chi connectivity index (χ0) is 24.5. The van der Waals surface area contributed by atoms with E-state index in [0.717, 1.165) is 23.3 Å². The fourth-order valence-corrected chi connectivity index (χ4v) is 8.83. The standard InChI is InChI=1S/C31H32IO4/c1-31(23-16-21-15-22(18-23)19-24(31)17-21)36-30(33)20-34-27-11-13-29(14-12-27)35-28-9-7-26(8-10-28)32-25-5-3-2-4-6-25/h2-14,21-24H,15-20H2,1H3/q+1. The van der Waals surface area contributed by atoms with Gasteiger partial charge in [0.25, 0.3) is 0 Å². The van der Waals surface area contributed by atoms with Gasteiger partial charge in [-0.25, -0.2) is 4.79 Å². The van der Waals surface area contributed by atoms with E-state index in [0.29, 0.717) is 17.6 Å². The average molecular weight is 595 g/mol. The number of hydrogen-bond donors (Lipinski definition) is 0. The Morgan fingerprint density at radius 3 is 1.89 bits per heavy atom. The third-order valence-corrected chi connectivity index (χ3v) is 11.0. The Bertz CT molecular complexity index is 1160. The lowest BCUT2D eigenvalue weighted by molar-refractivity contribution is -0.597. The van der Waals surface area contributed by atoms with Gasteiger partial charge >= 0.3 is 27.2 Å². The molecule has 0 aromatic heterocycles. The monoisotopic (exact) mass is 595 g/mol. The minimum Gasteiger partial charge on any atom is -0.482 e. The summed E-state index contributed by atoms with van der Waals surface area (Å²) in [4.78, 5) is 12.7. The van der Waals surface area contributed by atoms with Gasteiger partial charge in [0.05, 0.1) is 0 Å². The fraction of sp³-hybridized carbons (Fsp3) is 0.387. The highest BCUT2D eigenvalue weighted by Crippen LogP contribution is 2.59. The van der Waals surface area contributed by atoms with Crippen molar-refractivity contribution in [1.29, 1.82) is 0 Å². The van der Waals surface area contributed by atoms with Gasteiger partial charge in [-0.3, -0.25) is 0 Å². The number of carbonyl (C=O) groups excluding carboxylic acids is 1. The Balaban J connectivity index is 0.993. The molecule has 4 saturated carbocycles. The van der Waals surface area contributed by atoms with Crippen molar-refractivity contribution in [3.8, 4) is 17.2 Å². The third-order valence-electron chi connectivity index (χ3n) is 8.27. The molecule has 4 fully saturated rings. The summed E-state index contributed by atoms with van der Waals surface area (Å²) in [5.41, 5.74) is -0.315. The van der Waals surface area contributed by atoms with Crippen molar-refractivity contribution in [3.63, 3.8) is 0 Å². The van der Waals surface area contributed by atoms with Gasteiger partial charge in [0.1, 0.15) is 22.8 Å². The summed E-state index contributed by atoms with van der Waals surface area (Å²) >= 11 is -0.182. The smallest absolute Gasteiger partial charge is 0.357 e. The van der Waals surface area contributed by atoms with Crippen LogP contribution in [0.1, 0.15) is 39.0 Å². The molecule has 0 aliphatic heterocycles. The van der Waals surface area contributed by atoms with Crippen LogP contribution in [0.25, 0.3) is 0 Å². The summed E-state index contributed by atoms with van der Waals surface area (Å²) in [5.74, 6) is 4.65. The van der Waals surface area contributed by atoms with E-state index in [-0.39, 0.29) is 39.4 Å². The van der Waals surface area contributed by atoms with Crippen molar-refractivity contribution < 1.29 is 40.2 Å². The molecule has 4 nitrogen and oxygen atoms in total. The number of rotatable bonds is 8. The summed E-state index contributed by atoms with van der Waals surface area (Å²) < 4.78 is 20.6. The van der Waals surface area contributed by atoms with Crippen LogP contribution >= 0.6 is 0 Å². The molecule has 0 atom stereocenters. The van der Waals surface area contributed by atoms with Crippen LogP contribution in [0.2, 0.25) is 0 Å². The van der Waals surface area contributed by atoms with E-state index in [4.69, 9.17) is 14.2 Å². The summed E-state index contributed by atoms with van der Waals surface area (Å²) in [6, 6.07) is 26.3. The van der Waals surface area contributed by atoms with Crippen LogP contribution in [-0.4, -0.2) is 18.2 Å². The van der Waals surface area contributed by atoms with Gasteiger partial charge in [-0.15, -0.1) is 0 Å². The number of halogens is 1. The summed E-state index contributed by atoms with van der Waals surface area (Å²) in [6.07, 6.45) is 6.26. The van der Waals surface area contributed by atoms with Crippen LogP contribution in [0.5, 0.6) is 17.2 Å². The van der Waals surface area contributed by atoms with E-state index in [1.54, 1.807) is 0 Å². The van der Waals surface area contributed by atoms with Crippen molar-refractivity contribution in [3.05, 3.63) is 86.0 Å². The maximum absolute atomic E-state index is 12.7. The van der Waals surface area contributed by atoms with Crippen molar-refractivity contribution >= 4 is 5.97 Å². The number of esters is 1. The molecule has 4 aliphatic carbocycles. The zero-order valence-electron chi connectivity index (χ0n) is 20.6. The Hall–Kier alpha value is -2.54. The van der Waals surface area contributed by atoms with Crippen molar-refractivity contribution in [1.82, 2.24) is 0 Å². The van der Waals surface area contributed by atoms with Crippen molar-refractivity contribution in [2.24, 2.45) is 23.7 Å².